The summed E-state index contributed by atoms with van der Waals surface area (Å²) in [6.07, 6.45) is 6.53. The smallest absolute Gasteiger partial charge is 0.272 e. The SMILES string of the molecule is CCCC[C@@H]1CN(C(=O)c2cccc(-n3cnnc3)n2)C[C@H](C(C)C)O1. The number of aromatic nitrogens is 4. The van der Waals surface area contributed by atoms with Gasteiger partial charge in [-0.05, 0) is 24.5 Å². The van der Waals surface area contributed by atoms with E-state index in [1.165, 1.54) is 0 Å². The highest BCUT2D eigenvalue weighted by molar-refractivity contribution is 5.92. The first-order chi connectivity index (χ1) is 12.6. The molecule has 7 nitrogen and oxygen atoms in total. The summed E-state index contributed by atoms with van der Waals surface area (Å²) in [6, 6.07) is 5.43. The molecule has 3 rings (SSSR count). The molecule has 140 valence electrons. The zero-order valence-corrected chi connectivity index (χ0v) is 15.7. The maximum atomic E-state index is 13.1. The molecule has 2 atom stereocenters. The molecule has 0 aliphatic carbocycles. The van der Waals surface area contributed by atoms with Gasteiger partial charge in [-0.3, -0.25) is 9.36 Å². The molecule has 1 aliphatic heterocycles. The van der Waals surface area contributed by atoms with Crippen molar-refractivity contribution in [1.29, 1.82) is 0 Å². The lowest BCUT2D eigenvalue weighted by Crippen LogP contribution is -2.51. The second-order valence-corrected chi connectivity index (χ2v) is 7.14. The lowest BCUT2D eigenvalue weighted by atomic mass is 10.0. The monoisotopic (exact) mass is 357 g/mol. The highest BCUT2D eigenvalue weighted by atomic mass is 16.5. The van der Waals surface area contributed by atoms with Gasteiger partial charge >= 0.3 is 0 Å². The number of pyridine rings is 1. The number of hydrogen-bond acceptors (Lipinski definition) is 5. The van der Waals surface area contributed by atoms with Crippen LogP contribution in [0.25, 0.3) is 5.82 Å². The summed E-state index contributed by atoms with van der Waals surface area (Å²) < 4.78 is 7.91. The van der Waals surface area contributed by atoms with Crippen molar-refractivity contribution in [2.45, 2.75) is 52.2 Å². The number of morpholine rings is 1. The van der Waals surface area contributed by atoms with Crippen molar-refractivity contribution in [3.63, 3.8) is 0 Å². The largest absolute Gasteiger partial charge is 0.371 e. The fourth-order valence-electron chi connectivity index (χ4n) is 3.16. The molecule has 1 saturated heterocycles. The Balaban J connectivity index is 1.78. The molecular formula is C19H27N5O2. The van der Waals surface area contributed by atoms with E-state index < -0.39 is 0 Å². The van der Waals surface area contributed by atoms with Crippen LogP contribution in [-0.4, -0.2) is 55.9 Å². The number of unbranched alkanes of at least 4 members (excludes halogenated alkanes) is 1. The molecule has 0 spiro atoms. The van der Waals surface area contributed by atoms with Crippen molar-refractivity contribution < 1.29 is 9.53 Å². The molecule has 1 amide bonds. The summed E-state index contributed by atoms with van der Waals surface area (Å²) in [7, 11) is 0. The van der Waals surface area contributed by atoms with Crippen LogP contribution in [0.1, 0.15) is 50.5 Å². The normalized spacial score (nSPS) is 20.5. The molecule has 3 heterocycles. The zero-order valence-electron chi connectivity index (χ0n) is 15.7. The second-order valence-electron chi connectivity index (χ2n) is 7.14. The van der Waals surface area contributed by atoms with E-state index in [4.69, 9.17) is 4.74 Å². The van der Waals surface area contributed by atoms with Crippen molar-refractivity contribution in [3.8, 4) is 5.82 Å². The second kappa shape index (κ2) is 8.40. The predicted molar refractivity (Wildman–Crippen MR) is 98.1 cm³/mol. The minimum atomic E-state index is -0.0460. The van der Waals surface area contributed by atoms with Gasteiger partial charge in [-0.25, -0.2) is 4.98 Å². The van der Waals surface area contributed by atoms with Gasteiger partial charge in [0.25, 0.3) is 5.91 Å². The molecule has 0 aromatic carbocycles. The molecular weight excluding hydrogens is 330 g/mol. The lowest BCUT2D eigenvalue weighted by molar-refractivity contribution is -0.0963. The van der Waals surface area contributed by atoms with Crippen LogP contribution in [0.15, 0.2) is 30.9 Å². The first-order valence-corrected chi connectivity index (χ1v) is 9.35. The zero-order chi connectivity index (χ0) is 18.5. The summed E-state index contributed by atoms with van der Waals surface area (Å²) in [5, 5.41) is 7.58. The number of amides is 1. The van der Waals surface area contributed by atoms with E-state index in [1.807, 2.05) is 17.0 Å². The van der Waals surface area contributed by atoms with E-state index in [2.05, 4.69) is 36.0 Å². The topological polar surface area (TPSA) is 73.1 Å². The number of ether oxygens (including phenoxy) is 1. The van der Waals surface area contributed by atoms with E-state index in [9.17, 15) is 4.79 Å². The first kappa shape index (κ1) is 18.5. The number of rotatable bonds is 6. The Morgan fingerprint density at radius 3 is 2.73 bits per heavy atom. The van der Waals surface area contributed by atoms with Gasteiger partial charge in [0.15, 0.2) is 0 Å². The highest BCUT2D eigenvalue weighted by Crippen LogP contribution is 2.22. The molecule has 0 bridgehead atoms. The van der Waals surface area contributed by atoms with Crippen molar-refractivity contribution in [3.05, 3.63) is 36.5 Å². The van der Waals surface area contributed by atoms with Crippen molar-refractivity contribution >= 4 is 5.91 Å². The molecule has 0 saturated carbocycles. The molecule has 7 heteroatoms. The molecule has 0 radical (unpaired) electrons. The number of hydrogen-bond donors (Lipinski definition) is 0. The average molecular weight is 357 g/mol. The summed E-state index contributed by atoms with van der Waals surface area (Å²) in [6.45, 7) is 7.69. The van der Waals surface area contributed by atoms with Gasteiger partial charge in [0, 0.05) is 13.1 Å². The summed E-state index contributed by atoms with van der Waals surface area (Å²) >= 11 is 0. The van der Waals surface area contributed by atoms with Gasteiger partial charge in [-0.15, -0.1) is 10.2 Å². The van der Waals surface area contributed by atoms with Crippen LogP contribution >= 0.6 is 0 Å². The molecule has 26 heavy (non-hydrogen) atoms. The molecule has 1 fully saturated rings. The molecule has 0 N–H and O–H groups in total. The van der Waals surface area contributed by atoms with E-state index in [1.54, 1.807) is 23.3 Å². The lowest BCUT2D eigenvalue weighted by Gasteiger charge is -2.39. The Morgan fingerprint density at radius 2 is 2.04 bits per heavy atom. The van der Waals surface area contributed by atoms with Crippen LogP contribution in [0.4, 0.5) is 0 Å². The van der Waals surface area contributed by atoms with Crippen LogP contribution in [0, 0.1) is 5.92 Å². The Bertz CT molecular complexity index is 716. The Morgan fingerprint density at radius 1 is 1.27 bits per heavy atom. The third-order valence-corrected chi connectivity index (χ3v) is 4.74. The van der Waals surface area contributed by atoms with E-state index in [0.29, 0.717) is 30.5 Å². The molecule has 2 aromatic heterocycles. The van der Waals surface area contributed by atoms with Crippen LogP contribution in [0.5, 0.6) is 0 Å². The summed E-state index contributed by atoms with van der Waals surface area (Å²) in [4.78, 5) is 19.5. The fourth-order valence-corrected chi connectivity index (χ4v) is 3.16. The average Bonchev–Trinajstić information content (AvgIpc) is 3.20. The van der Waals surface area contributed by atoms with Crippen molar-refractivity contribution in [2.24, 2.45) is 5.92 Å². The van der Waals surface area contributed by atoms with Gasteiger partial charge in [0.05, 0.1) is 12.2 Å². The Labute approximate surface area is 154 Å². The van der Waals surface area contributed by atoms with E-state index in [-0.39, 0.29) is 18.1 Å². The number of carbonyl (C=O) groups is 1. The Hall–Kier alpha value is -2.28. The van der Waals surface area contributed by atoms with Crippen molar-refractivity contribution in [2.75, 3.05) is 13.1 Å². The molecule has 2 aromatic rings. The molecule has 0 unspecified atom stereocenters. The third kappa shape index (κ3) is 4.27. The van der Waals surface area contributed by atoms with Crippen LogP contribution in [0.2, 0.25) is 0 Å². The first-order valence-electron chi connectivity index (χ1n) is 9.35. The van der Waals surface area contributed by atoms with Gasteiger partial charge in [-0.2, -0.15) is 0 Å². The van der Waals surface area contributed by atoms with E-state index >= 15 is 0 Å². The van der Waals surface area contributed by atoms with Crippen LogP contribution in [0.3, 0.4) is 0 Å². The van der Waals surface area contributed by atoms with Gasteiger partial charge in [0.2, 0.25) is 0 Å². The Kier molecular flexibility index (Phi) is 5.98. The standard InChI is InChI=1S/C19H27N5O2/c1-4-5-7-15-10-23(11-17(26-15)14(2)3)19(25)16-8-6-9-18(22-16)24-12-20-21-13-24/h6,8-9,12-15,17H,4-5,7,10-11H2,1-3H3/t15-,17-/m1/s1. The van der Waals surface area contributed by atoms with Gasteiger partial charge in [0.1, 0.15) is 24.2 Å². The van der Waals surface area contributed by atoms with Gasteiger partial charge in [-0.1, -0.05) is 39.7 Å². The van der Waals surface area contributed by atoms with E-state index in [0.717, 1.165) is 19.3 Å². The van der Waals surface area contributed by atoms with Crippen LogP contribution in [-0.2, 0) is 4.74 Å². The number of carbonyl (C=O) groups excluding carboxylic acids is 1. The summed E-state index contributed by atoms with van der Waals surface area (Å²) in [5.41, 5.74) is 0.440. The number of nitrogens with zero attached hydrogens (tertiary/aromatic N) is 5. The fraction of sp³-hybridized carbons (Fsp3) is 0.579. The van der Waals surface area contributed by atoms with Crippen LogP contribution < -0.4 is 0 Å². The maximum Gasteiger partial charge on any atom is 0.272 e. The highest BCUT2D eigenvalue weighted by Gasteiger charge is 2.32. The minimum Gasteiger partial charge on any atom is -0.371 e. The van der Waals surface area contributed by atoms with Crippen molar-refractivity contribution in [1.82, 2.24) is 24.6 Å². The summed E-state index contributed by atoms with van der Waals surface area (Å²) in [5.74, 6) is 0.957. The van der Waals surface area contributed by atoms with Gasteiger partial charge < -0.3 is 9.64 Å². The minimum absolute atomic E-state index is 0.0460. The predicted octanol–water partition coefficient (Wildman–Crippen LogP) is 2.72. The quantitative estimate of drug-likeness (QED) is 0.795. The molecule has 1 aliphatic rings. The maximum absolute atomic E-state index is 13.1. The third-order valence-electron chi connectivity index (χ3n) is 4.74.